The summed E-state index contributed by atoms with van der Waals surface area (Å²) in [6.07, 6.45) is 2.69. The lowest BCUT2D eigenvalue weighted by Crippen LogP contribution is -2.46. The summed E-state index contributed by atoms with van der Waals surface area (Å²) in [4.78, 5) is 33.6. The SMILES string of the molecule is COCCN(CC(=O)N(CCc1c[nH]c2ccccc12)Cc1ccc(C)cc1)C(=O)Nc1ccccc1OC. The topological polar surface area (TPSA) is 86.9 Å². The average molecular weight is 529 g/mol. The van der Waals surface area contributed by atoms with Crippen LogP contribution in [0.4, 0.5) is 10.5 Å². The highest BCUT2D eigenvalue weighted by atomic mass is 16.5. The first-order valence-electron chi connectivity index (χ1n) is 13.0. The zero-order valence-electron chi connectivity index (χ0n) is 22.8. The fraction of sp³-hybridized carbons (Fsp3) is 0.290. The molecule has 1 heterocycles. The summed E-state index contributed by atoms with van der Waals surface area (Å²) in [5, 5.41) is 4.03. The molecule has 8 nitrogen and oxygen atoms in total. The molecule has 8 heteroatoms. The molecule has 3 amide bonds. The van der Waals surface area contributed by atoms with Crippen LogP contribution in [0.5, 0.6) is 5.75 Å². The molecular weight excluding hydrogens is 492 g/mol. The summed E-state index contributed by atoms with van der Waals surface area (Å²) in [6, 6.07) is 23.1. The molecular formula is C31H36N4O4. The summed E-state index contributed by atoms with van der Waals surface area (Å²) >= 11 is 0. The molecule has 0 atom stereocenters. The van der Waals surface area contributed by atoms with Crippen molar-refractivity contribution >= 4 is 28.5 Å². The van der Waals surface area contributed by atoms with Gasteiger partial charge in [-0.25, -0.2) is 4.79 Å². The van der Waals surface area contributed by atoms with Crippen LogP contribution < -0.4 is 10.1 Å². The average Bonchev–Trinajstić information content (AvgIpc) is 3.37. The summed E-state index contributed by atoms with van der Waals surface area (Å²) in [5.41, 5.74) is 4.96. The van der Waals surface area contributed by atoms with Crippen molar-refractivity contribution in [3.63, 3.8) is 0 Å². The lowest BCUT2D eigenvalue weighted by atomic mass is 10.1. The molecule has 0 radical (unpaired) electrons. The first-order valence-corrected chi connectivity index (χ1v) is 13.0. The van der Waals surface area contributed by atoms with Crippen LogP contribution in [0.3, 0.4) is 0 Å². The number of para-hydroxylation sites is 3. The number of aromatic amines is 1. The van der Waals surface area contributed by atoms with Crippen LogP contribution in [0, 0.1) is 6.92 Å². The molecule has 39 heavy (non-hydrogen) atoms. The molecule has 1 aromatic heterocycles. The van der Waals surface area contributed by atoms with E-state index >= 15 is 0 Å². The second kappa shape index (κ2) is 13.5. The highest BCUT2D eigenvalue weighted by Crippen LogP contribution is 2.23. The Balaban J connectivity index is 1.51. The number of amides is 3. The van der Waals surface area contributed by atoms with E-state index in [-0.39, 0.29) is 19.0 Å². The third-order valence-electron chi connectivity index (χ3n) is 6.70. The maximum atomic E-state index is 13.7. The Hall–Kier alpha value is -4.30. The number of nitrogens with zero attached hydrogens (tertiary/aromatic N) is 2. The van der Waals surface area contributed by atoms with E-state index in [0.717, 1.165) is 27.6 Å². The normalized spacial score (nSPS) is 10.8. The van der Waals surface area contributed by atoms with E-state index in [9.17, 15) is 9.59 Å². The van der Waals surface area contributed by atoms with Crippen LogP contribution in [0.15, 0.2) is 79.0 Å². The largest absolute Gasteiger partial charge is 0.495 e. The number of H-pyrrole nitrogens is 1. The minimum Gasteiger partial charge on any atom is -0.495 e. The van der Waals surface area contributed by atoms with Gasteiger partial charge in [0.2, 0.25) is 5.91 Å². The lowest BCUT2D eigenvalue weighted by molar-refractivity contribution is -0.132. The lowest BCUT2D eigenvalue weighted by Gasteiger charge is -2.28. The Morgan fingerprint density at radius 1 is 0.897 bits per heavy atom. The summed E-state index contributed by atoms with van der Waals surface area (Å²) in [5.74, 6) is 0.408. The Morgan fingerprint density at radius 2 is 1.64 bits per heavy atom. The van der Waals surface area contributed by atoms with E-state index in [1.807, 2.05) is 72.6 Å². The van der Waals surface area contributed by atoms with Crippen molar-refractivity contribution < 1.29 is 19.1 Å². The van der Waals surface area contributed by atoms with Gasteiger partial charge in [-0.15, -0.1) is 0 Å². The van der Waals surface area contributed by atoms with Gasteiger partial charge in [-0.05, 0) is 42.7 Å². The van der Waals surface area contributed by atoms with E-state index in [4.69, 9.17) is 9.47 Å². The van der Waals surface area contributed by atoms with Gasteiger partial charge < -0.3 is 29.6 Å². The number of methoxy groups -OCH3 is 2. The molecule has 0 unspecified atom stereocenters. The van der Waals surface area contributed by atoms with Crippen LogP contribution >= 0.6 is 0 Å². The fourth-order valence-electron chi connectivity index (χ4n) is 4.46. The molecule has 0 saturated carbocycles. The monoisotopic (exact) mass is 528 g/mol. The molecule has 204 valence electrons. The Labute approximate surface area is 229 Å². The van der Waals surface area contributed by atoms with Crippen molar-refractivity contribution in [3.8, 4) is 5.75 Å². The molecule has 4 rings (SSSR count). The van der Waals surface area contributed by atoms with Gasteiger partial charge in [0, 0.05) is 43.8 Å². The minimum atomic E-state index is -0.392. The van der Waals surface area contributed by atoms with Crippen molar-refractivity contribution in [2.24, 2.45) is 0 Å². The van der Waals surface area contributed by atoms with Gasteiger partial charge in [-0.2, -0.15) is 0 Å². The number of aryl methyl sites for hydroxylation is 1. The van der Waals surface area contributed by atoms with E-state index in [1.54, 1.807) is 26.4 Å². The van der Waals surface area contributed by atoms with Gasteiger partial charge >= 0.3 is 6.03 Å². The second-order valence-electron chi connectivity index (χ2n) is 9.46. The quantitative estimate of drug-likeness (QED) is 0.263. The number of hydrogen-bond donors (Lipinski definition) is 2. The molecule has 0 aliphatic rings. The van der Waals surface area contributed by atoms with Crippen LogP contribution in [-0.4, -0.2) is 67.2 Å². The maximum absolute atomic E-state index is 13.7. The van der Waals surface area contributed by atoms with Crippen molar-refractivity contribution in [2.45, 2.75) is 19.9 Å². The summed E-state index contributed by atoms with van der Waals surface area (Å²) < 4.78 is 10.6. The van der Waals surface area contributed by atoms with Crippen molar-refractivity contribution in [1.82, 2.24) is 14.8 Å². The Kier molecular flexibility index (Phi) is 9.58. The maximum Gasteiger partial charge on any atom is 0.322 e. The summed E-state index contributed by atoms with van der Waals surface area (Å²) in [7, 11) is 3.12. The zero-order valence-corrected chi connectivity index (χ0v) is 22.8. The van der Waals surface area contributed by atoms with Gasteiger partial charge in [0.15, 0.2) is 0 Å². The van der Waals surface area contributed by atoms with Crippen LogP contribution in [0.1, 0.15) is 16.7 Å². The second-order valence-corrected chi connectivity index (χ2v) is 9.46. The number of benzene rings is 3. The van der Waals surface area contributed by atoms with Gasteiger partial charge in [-0.3, -0.25) is 4.79 Å². The molecule has 2 N–H and O–H groups in total. The number of fused-ring (bicyclic) bond motifs is 1. The molecule has 0 spiro atoms. The zero-order chi connectivity index (χ0) is 27.6. The van der Waals surface area contributed by atoms with Gasteiger partial charge in [0.25, 0.3) is 0 Å². The molecule has 0 saturated heterocycles. The molecule has 3 aromatic carbocycles. The number of nitrogens with one attached hydrogen (secondary N) is 2. The molecule has 4 aromatic rings. The number of carbonyl (C=O) groups excluding carboxylic acids is 2. The predicted octanol–water partition coefficient (Wildman–Crippen LogP) is 5.24. The van der Waals surface area contributed by atoms with Crippen molar-refractivity contribution in [3.05, 3.63) is 95.7 Å². The smallest absolute Gasteiger partial charge is 0.322 e. The van der Waals surface area contributed by atoms with Gasteiger partial charge in [0.1, 0.15) is 12.3 Å². The predicted molar refractivity (Wildman–Crippen MR) is 154 cm³/mol. The van der Waals surface area contributed by atoms with E-state index in [2.05, 4.69) is 16.4 Å². The van der Waals surface area contributed by atoms with Gasteiger partial charge in [-0.1, -0.05) is 60.2 Å². The van der Waals surface area contributed by atoms with Crippen molar-refractivity contribution in [1.29, 1.82) is 0 Å². The van der Waals surface area contributed by atoms with Crippen LogP contribution in [-0.2, 0) is 22.5 Å². The first-order chi connectivity index (χ1) is 19.0. The molecule has 0 aliphatic carbocycles. The number of aromatic nitrogens is 1. The van der Waals surface area contributed by atoms with E-state index in [0.29, 0.717) is 37.6 Å². The fourth-order valence-corrected chi connectivity index (χ4v) is 4.46. The summed E-state index contributed by atoms with van der Waals surface area (Å²) in [6.45, 7) is 3.50. The Morgan fingerprint density at radius 3 is 2.41 bits per heavy atom. The van der Waals surface area contributed by atoms with Gasteiger partial charge in [0.05, 0.1) is 19.4 Å². The number of carbonyl (C=O) groups is 2. The number of hydrogen-bond acceptors (Lipinski definition) is 4. The third-order valence-corrected chi connectivity index (χ3v) is 6.70. The number of rotatable bonds is 12. The minimum absolute atomic E-state index is 0.0793. The molecule has 0 fully saturated rings. The highest BCUT2D eigenvalue weighted by Gasteiger charge is 2.23. The number of urea groups is 1. The van der Waals surface area contributed by atoms with E-state index in [1.165, 1.54) is 4.90 Å². The van der Waals surface area contributed by atoms with Crippen LogP contribution in [0.2, 0.25) is 0 Å². The molecule has 0 aliphatic heterocycles. The third kappa shape index (κ3) is 7.39. The standard InChI is InChI=1S/C31H36N4O4/c1-23-12-14-24(15-13-23)21-34(17-16-25-20-32-27-9-5-4-8-26(25)27)30(36)22-35(18-19-38-2)31(37)33-28-10-6-7-11-29(28)39-3/h4-15,20,32H,16-19,21-22H2,1-3H3,(H,33,37). The van der Waals surface area contributed by atoms with Crippen LogP contribution in [0.25, 0.3) is 10.9 Å². The molecule has 0 bridgehead atoms. The Bertz CT molecular complexity index is 1380. The van der Waals surface area contributed by atoms with E-state index < -0.39 is 6.03 Å². The highest BCUT2D eigenvalue weighted by molar-refractivity contribution is 5.93. The van der Waals surface area contributed by atoms with Crippen molar-refractivity contribution in [2.75, 3.05) is 45.8 Å². The number of ether oxygens (including phenoxy) is 2. The number of anilines is 1. The first kappa shape index (κ1) is 27.7.